The van der Waals surface area contributed by atoms with E-state index in [4.69, 9.17) is 0 Å². The number of sulfonamides is 1. The third-order valence-electron chi connectivity index (χ3n) is 4.94. The van der Waals surface area contributed by atoms with Gasteiger partial charge in [-0.15, -0.1) is 0 Å². The van der Waals surface area contributed by atoms with Crippen LogP contribution in [0.15, 0.2) is 35.3 Å². The first-order chi connectivity index (χ1) is 13.9. The van der Waals surface area contributed by atoms with Gasteiger partial charge in [0.15, 0.2) is 5.96 Å². The molecule has 0 spiro atoms. The van der Waals surface area contributed by atoms with Crippen LogP contribution in [0.5, 0.6) is 0 Å². The molecule has 1 aromatic rings. The van der Waals surface area contributed by atoms with Gasteiger partial charge in [0.05, 0.1) is 12.3 Å². The molecule has 164 valence electrons. The van der Waals surface area contributed by atoms with E-state index in [1.54, 1.807) is 0 Å². The highest BCUT2D eigenvalue weighted by Gasteiger charge is 2.26. The summed E-state index contributed by atoms with van der Waals surface area (Å²) in [5.74, 6) is 1.25. The largest absolute Gasteiger partial charge is 0.357 e. The molecule has 1 aliphatic rings. The Hall–Kier alpha value is -1.45. The Morgan fingerprint density at radius 3 is 2.66 bits per heavy atom. The van der Waals surface area contributed by atoms with Crippen molar-refractivity contribution >= 4 is 26.8 Å². The monoisotopic (exact) mass is 442 g/mol. The van der Waals surface area contributed by atoms with Crippen molar-refractivity contribution < 1.29 is 12.6 Å². The molecule has 3 N–H and O–H groups in total. The molecule has 0 amide bonds. The van der Waals surface area contributed by atoms with Crippen molar-refractivity contribution in [3.8, 4) is 0 Å². The number of rotatable bonds is 10. The Morgan fingerprint density at radius 2 is 1.97 bits per heavy atom. The van der Waals surface area contributed by atoms with Gasteiger partial charge in [-0.3, -0.25) is 9.20 Å². The molecule has 2 rings (SSSR count). The zero-order valence-electron chi connectivity index (χ0n) is 17.4. The van der Waals surface area contributed by atoms with Gasteiger partial charge in [0.2, 0.25) is 10.0 Å². The fraction of sp³-hybridized carbons (Fsp3) is 0.650. The summed E-state index contributed by atoms with van der Waals surface area (Å²) in [5, 5.41) is 6.81. The highest BCUT2D eigenvalue weighted by molar-refractivity contribution is 7.89. The zero-order chi connectivity index (χ0) is 21.1. The Balaban J connectivity index is 1.85. The average molecular weight is 443 g/mol. The van der Waals surface area contributed by atoms with Crippen molar-refractivity contribution in [2.24, 2.45) is 4.99 Å². The summed E-state index contributed by atoms with van der Waals surface area (Å²) in [6.45, 7) is 5.09. The van der Waals surface area contributed by atoms with Gasteiger partial charge in [0.25, 0.3) is 0 Å². The SMILES string of the molecule is CCNC(=NCCS(=O)(=O)NCc1ccccc1)NC1CCCC(S(=O)CC)C1. The standard InChI is InChI=1S/C20H34N4O3S2/c1-3-21-20(24-18-11-8-12-19(15-18)28(25)4-2)22-13-14-29(26,27)23-16-17-9-6-5-7-10-17/h5-7,9-10,18-19,23H,3-4,8,11-16H2,1-2H3,(H2,21,22,24). The topological polar surface area (TPSA) is 99.7 Å². The Morgan fingerprint density at radius 1 is 1.21 bits per heavy atom. The fourth-order valence-electron chi connectivity index (χ4n) is 3.40. The van der Waals surface area contributed by atoms with Crippen LogP contribution in [0.3, 0.4) is 0 Å². The number of benzene rings is 1. The first-order valence-corrected chi connectivity index (χ1v) is 13.4. The van der Waals surface area contributed by atoms with E-state index in [0.717, 1.165) is 31.2 Å². The van der Waals surface area contributed by atoms with Crippen LogP contribution in [-0.4, -0.2) is 54.5 Å². The van der Waals surface area contributed by atoms with Crippen molar-refractivity contribution in [2.75, 3.05) is 24.6 Å². The molecule has 0 radical (unpaired) electrons. The normalized spacial score (nSPS) is 21.5. The van der Waals surface area contributed by atoms with Crippen LogP contribution in [0.25, 0.3) is 0 Å². The maximum atomic E-state index is 12.2. The van der Waals surface area contributed by atoms with Crippen LogP contribution in [0.1, 0.15) is 45.1 Å². The summed E-state index contributed by atoms with van der Waals surface area (Å²) in [7, 11) is -4.18. The van der Waals surface area contributed by atoms with Gasteiger partial charge in [-0.25, -0.2) is 13.1 Å². The predicted octanol–water partition coefficient (Wildman–Crippen LogP) is 1.74. The fourth-order valence-corrected chi connectivity index (χ4v) is 5.61. The third kappa shape index (κ3) is 8.84. The Labute approximate surface area is 177 Å². The minimum absolute atomic E-state index is 0.0659. The molecule has 1 aromatic carbocycles. The van der Waals surface area contributed by atoms with Crippen molar-refractivity contribution in [3.05, 3.63) is 35.9 Å². The number of nitrogens with one attached hydrogen (secondary N) is 3. The van der Waals surface area contributed by atoms with E-state index in [1.165, 1.54) is 0 Å². The lowest BCUT2D eigenvalue weighted by Gasteiger charge is -2.30. The molecule has 1 fully saturated rings. The van der Waals surface area contributed by atoms with Gasteiger partial charge >= 0.3 is 0 Å². The van der Waals surface area contributed by atoms with Gasteiger partial charge in [0, 0.05) is 40.9 Å². The molecular formula is C20H34N4O3S2. The van der Waals surface area contributed by atoms with Crippen molar-refractivity contribution in [1.82, 2.24) is 15.4 Å². The average Bonchev–Trinajstić information content (AvgIpc) is 2.73. The van der Waals surface area contributed by atoms with Crippen LogP contribution >= 0.6 is 0 Å². The predicted molar refractivity (Wildman–Crippen MR) is 121 cm³/mol. The molecule has 7 nitrogen and oxygen atoms in total. The van der Waals surface area contributed by atoms with Gasteiger partial charge in [-0.1, -0.05) is 43.7 Å². The first kappa shape index (κ1) is 23.8. The van der Waals surface area contributed by atoms with Gasteiger partial charge in [-0.2, -0.15) is 0 Å². The lowest BCUT2D eigenvalue weighted by Crippen LogP contribution is -2.46. The van der Waals surface area contributed by atoms with Crippen LogP contribution in [0, 0.1) is 0 Å². The first-order valence-electron chi connectivity index (χ1n) is 10.4. The van der Waals surface area contributed by atoms with E-state index in [1.807, 2.05) is 44.2 Å². The Kier molecular flexibility index (Phi) is 10.1. The molecule has 0 heterocycles. The van der Waals surface area contributed by atoms with Gasteiger partial charge in [-0.05, 0) is 31.7 Å². The molecule has 29 heavy (non-hydrogen) atoms. The summed E-state index contributed by atoms with van der Waals surface area (Å²) in [6.07, 6.45) is 3.93. The van der Waals surface area contributed by atoms with Crippen molar-refractivity contribution in [3.63, 3.8) is 0 Å². The molecule has 3 unspecified atom stereocenters. The minimum atomic E-state index is -3.40. The van der Waals surface area contributed by atoms with Crippen LogP contribution < -0.4 is 15.4 Å². The second-order valence-electron chi connectivity index (χ2n) is 7.19. The molecule has 0 saturated heterocycles. The summed E-state index contributed by atoms with van der Waals surface area (Å²) in [4.78, 5) is 4.44. The van der Waals surface area contributed by atoms with Crippen LogP contribution in [-0.2, 0) is 27.4 Å². The van der Waals surface area contributed by atoms with Crippen molar-refractivity contribution in [1.29, 1.82) is 0 Å². The second kappa shape index (κ2) is 12.3. The zero-order valence-corrected chi connectivity index (χ0v) is 19.0. The molecule has 0 bridgehead atoms. The number of hydrogen-bond acceptors (Lipinski definition) is 4. The van der Waals surface area contributed by atoms with E-state index in [0.29, 0.717) is 18.3 Å². The molecule has 1 saturated carbocycles. The number of nitrogens with zero attached hydrogens (tertiary/aromatic N) is 1. The number of aliphatic imine (C=N–C) groups is 1. The van der Waals surface area contributed by atoms with Crippen LogP contribution in [0.2, 0.25) is 0 Å². The highest BCUT2D eigenvalue weighted by atomic mass is 32.2. The highest BCUT2D eigenvalue weighted by Crippen LogP contribution is 2.22. The van der Waals surface area contributed by atoms with Gasteiger partial charge < -0.3 is 10.6 Å². The smallest absolute Gasteiger partial charge is 0.213 e. The molecule has 0 aliphatic heterocycles. The second-order valence-corrected chi connectivity index (χ2v) is 11.1. The van der Waals surface area contributed by atoms with E-state index >= 15 is 0 Å². The van der Waals surface area contributed by atoms with E-state index < -0.39 is 20.8 Å². The quantitative estimate of drug-likeness (QED) is 0.379. The molecule has 9 heteroatoms. The summed E-state index contributed by atoms with van der Waals surface area (Å²) in [5.41, 5.74) is 0.922. The maximum Gasteiger partial charge on any atom is 0.213 e. The number of hydrogen-bond donors (Lipinski definition) is 3. The minimum Gasteiger partial charge on any atom is -0.357 e. The summed E-state index contributed by atoms with van der Waals surface area (Å²) < 4.78 is 39.2. The third-order valence-corrected chi connectivity index (χ3v) is 7.98. The van der Waals surface area contributed by atoms with E-state index in [2.05, 4.69) is 20.3 Å². The van der Waals surface area contributed by atoms with Crippen molar-refractivity contribution in [2.45, 2.75) is 57.4 Å². The molecular weight excluding hydrogens is 408 g/mol. The van der Waals surface area contributed by atoms with E-state index in [9.17, 15) is 12.6 Å². The summed E-state index contributed by atoms with van der Waals surface area (Å²) in [6, 6.07) is 9.65. The Bertz CT molecular complexity index is 769. The van der Waals surface area contributed by atoms with Crippen LogP contribution in [0.4, 0.5) is 0 Å². The lowest BCUT2D eigenvalue weighted by atomic mass is 9.95. The summed E-state index contributed by atoms with van der Waals surface area (Å²) >= 11 is 0. The number of guanidine groups is 1. The van der Waals surface area contributed by atoms with Gasteiger partial charge in [0.1, 0.15) is 0 Å². The molecule has 3 atom stereocenters. The maximum absolute atomic E-state index is 12.2. The van der Waals surface area contributed by atoms with E-state index in [-0.39, 0.29) is 30.1 Å². The lowest BCUT2D eigenvalue weighted by molar-refractivity contribution is 0.413. The molecule has 0 aromatic heterocycles. The molecule has 1 aliphatic carbocycles.